The predicted molar refractivity (Wildman–Crippen MR) is 123 cm³/mol. The fourth-order valence-electron chi connectivity index (χ4n) is 3.98. The summed E-state index contributed by atoms with van der Waals surface area (Å²) in [5.74, 6) is -0.0160. The van der Waals surface area contributed by atoms with Gasteiger partial charge in [-0.15, -0.1) is 0 Å². The average Bonchev–Trinajstić information content (AvgIpc) is 2.76. The van der Waals surface area contributed by atoms with Gasteiger partial charge in [0.1, 0.15) is 0 Å². The Bertz CT molecular complexity index is 920. The highest BCUT2D eigenvalue weighted by atomic mass is 16.2. The highest BCUT2D eigenvalue weighted by molar-refractivity contribution is 5.95. The zero-order chi connectivity index (χ0) is 21.5. The van der Waals surface area contributed by atoms with Gasteiger partial charge in [0, 0.05) is 31.3 Å². The fraction of sp³-hybridized carbons (Fsp3) is 0.360. The maximum Gasteiger partial charge on any atom is 0.253 e. The number of amides is 2. The van der Waals surface area contributed by atoms with Crippen LogP contribution in [0.2, 0.25) is 0 Å². The molecule has 0 bridgehead atoms. The van der Waals surface area contributed by atoms with Crippen molar-refractivity contribution >= 4 is 23.1 Å². The summed E-state index contributed by atoms with van der Waals surface area (Å²) < 4.78 is 0. The second-order valence-corrected chi connectivity index (χ2v) is 7.55. The number of nitrogens with one attached hydrogen (secondary N) is 2. The van der Waals surface area contributed by atoms with E-state index < -0.39 is 0 Å². The van der Waals surface area contributed by atoms with Crippen molar-refractivity contribution in [2.75, 3.05) is 31.5 Å². The molecule has 0 saturated carbocycles. The van der Waals surface area contributed by atoms with Gasteiger partial charge in [0.15, 0.2) is 0 Å². The van der Waals surface area contributed by atoms with E-state index in [-0.39, 0.29) is 11.8 Å². The number of hydrogen-bond acceptors (Lipinski definition) is 3. The van der Waals surface area contributed by atoms with Crippen molar-refractivity contribution in [2.45, 2.75) is 33.6 Å². The van der Waals surface area contributed by atoms with E-state index in [1.807, 2.05) is 61.2 Å². The Balaban J connectivity index is 2.00. The second-order valence-electron chi connectivity index (χ2n) is 7.55. The van der Waals surface area contributed by atoms with Crippen LogP contribution >= 0.6 is 0 Å². The summed E-state index contributed by atoms with van der Waals surface area (Å²) in [5.41, 5.74) is 6.29. The van der Waals surface area contributed by atoms with Gasteiger partial charge in [-0.3, -0.25) is 9.59 Å². The monoisotopic (exact) mass is 405 g/mol. The van der Waals surface area contributed by atoms with Gasteiger partial charge in [0.2, 0.25) is 5.91 Å². The number of anilines is 1. The van der Waals surface area contributed by atoms with Gasteiger partial charge in [-0.05, 0) is 80.7 Å². The predicted octanol–water partition coefficient (Wildman–Crippen LogP) is 4.31. The molecule has 1 aliphatic heterocycles. The molecule has 2 aromatic rings. The van der Waals surface area contributed by atoms with E-state index in [2.05, 4.69) is 16.7 Å². The summed E-state index contributed by atoms with van der Waals surface area (Å²) in [7, 11) is 0. The molecule has 2 amide bonds. The minimum Gasteiger partial charge on any atom is -0.339 e. The van der Waals surface area contributed by atoms with Crippen molar-refractivity contribution in [1.82, 2.24) is 10.2 Å². The van der Waals surface area contributed by atoms with Crippen LogP contribution in [0.4, 0.5) is 5.69 Å². The lowest BCUT2D eigenvalue weighted by Gasteiger charge is -2.22. The van der Waals surface area contributed by atoms with Crippen molar-refractivity contribution in [1.29, 1.82) is 0 Å². The standard InChI is InChI=1S/C25H31N3O2/c1-4-28(5-2)25(30)21-11-9-19(10-12-21)24(20-13-15-26-16-14-20)22-7-6-8-23(17-22)27-18(3)29/h6-12,17,26H,4-5,13-16H2,1-3H3,(H,27,29). The Morgan fingerprint density at radius 3 is 2.17 bits per heavy atom. The summed E-state index contributed by atoms with van der Waals surface area (Å²) in [6.07, 6.45) is 1.97. The molecule has 5 heteroatoms. The highest BCUT2D eigenvalue weighted by Crippen LogP contribution is 2.32. The third kappa shape index (κ3) is 5.16. The number of piperidine rings is 1. The van der Waals surface area contributed by atoms with Gasteiger partial charge in [-0.2, -0.15) is 0 Å². The van der Waals surface area contributed by atoms with Crippen LogP contribution in [0.15, 0.2) is 54.1 Å². The van der Waals surface area contributed by atoms with Crippen molar-refractivity contribution in [2.24, 2.45) is 0 Å². The highest BCUT2D eigenvalue weighted by Gasteiger charge is 2.17. The van der Waals surface area contributed by atoms with Crippen molar-refractivity contribution in [3.63, 3.8) is 0 Å². The quantitative estimate of drug-likeness (QED) is 0.753. The molecule has 30 heavy (non-hydrogen) atoms. The molecule has 2 N–H and O–H groups in total. The van der Waals surface area contributed by atoms with E-state index in [4.69, 9.17) is 0 Å². The van der Waals surface area contributed by atoms with Crippen LogP contribution in [-0.4, -0.2) is 42.9 Å². The van der Waals surface area contributed by atoms with Gasteiger partial charge in [0.25, 0.3) is 5.91 Å². The molecular weight excluding hydrogens is 374 g/mol. The summed E-state index contributed by atoms with van der Waals surface area (Å²) in [4.78, 5) is 26.0. The molecule has 1 saturated heterocycles. The number of carbonyl (C=O) groups is 2. The lowest BCUT2D eigenvalue weighted by molar-refractivity contribution is -0.114. The number of rotatable bonds is 6. The molecular formula is C25H31N3O2. The van der Waals surface area contributed by atoms with Crippen LogP contribution in [-0.2, 0) is 4.79 Å². The first kappa shape index (κ1) is 21.8. The second kappa shape index (κ2) is 10.2. The zero-order valence-corrected chi connectivity index (χ0v) is 18.1. The van der Waals surface area contributed by atoms with E-state index in [0.717, 1.165) is 42.7 Å². The Kier molecular flexibility index (Phi) is 7.41. The topological polar surface area (TPSA) is 61.4 Å². The van der Waals surface area contributed by atoms with E-state index in [1.165, 1.54) is 18.1 Å². The molecule has 0 unspecified atom stereocenters. The molecule has 1 heterocycles. The molecule has 0 aliphatic carbocycles. The zero-order valence-electron chi connectivity index (χ0n) is 18.1. The minimum absolute atomic E-state index is 0.0651. The van der Waals surface area contributed by atoms with Crippen LogP contribution < -0.4 is 10.6 Å². The third-order valence-corrected chi connectivity index (χ3v) is 5.50. The van der Waals surface area contributed by atoms with Crippen LogP contribution in [0.5, 0.6) is 0 Å². The number of nitrogens with zero attached hydrogens (tertiary/aromatic N) is 1. The normalized spacial score (nSPS) is 13.6. The minimum atomic E-state index is -0.0810. The van der Waals surface area contributed by atoms with Crippen molar-refractivity contribution in [3.05, 3.63) is 70.8 Å². The maximum absolute atomic E-state index is 12.7. The molecule has 0 aromatic heterocycles. The van der Waals surface area contributed by atoms with Gasteiger partial charge in [-0.25, -0.2) is 0 Å². The first-order valence-corrected chi connectivity index (χ1v) is 10.7. The van der Waals surface area contributed by atoms with Crippen LogP contribution in [0.25, 0.3) is 5.57 Å². The van der Waals surface area contributed by atoms with Gasteiger partial charge in [0.05, 0.1) is 0 Å². The first-order chi connectivity index (χ1) is 14.5. The number of hydrogen-bond donors (Lipinski definition) is 2. The lowest BCUT2D eigenvalue weighted by Crippen LogP contribution is -2.30. The maximum atomic E-state index is 12.7. The van der Waals surface area contributed by atoms with Crippen LogP contribution in [0.3, 0.4) is 0 Å². The van der Waals surface area contributed by atoms with E-state index >= 15 is 0 Å². The molecule has 1 fully saturated rings. The molecule has 0 radical (unpaired) electrons. The fourth-order valence-corrected chi connectivity index (χ4v) is 3.98. The van der Waals surface area contributed by atoms with Gasteiger partial charge in [-0.1, -0.05) is 29.8 Å². The van der Waals surface area contributed by atoms with E-state index in [1.54, 1.807) is 0 Å². The summed E-state index contributed by atoms with van der Waals surface area (Å²) in [5, 5.41) is 6.30. The molecule has 3 rings (SSSR count). The Hall–Kier alpha value is -2.92. The lowest BCUT2D eigenvalue weighted by atomic mass is 9.88. The Morgan fingerprint density at radius 2 is 1.57 bits per heavy atom. The van der Waals surface area contributed by atoms with Gasteiger partial charge >= 0.3 is 0 Å². The summed E-state index contributed by atoms with van der Waals surface area (Å²) in [6.45, 7) is 8.84. The summed E-state index contributed by atoms with van der Waals surface area (Å²) >= 11 is 0. The average molecular weight is 406 g/mol. The van der Waals surface area contributed by atoms with E-state index in [9.17, 15) is 9.59 Å². The van der Waals surface area contributed by atoms with Crippen molar-refractivity contribution in [3.8, 4) is 0 Å². The van der Waals surface area contributed by atoms with E-state index in [0.29, 0.717) is 18.7 Å². The third-order valence-electron chi connectivity index (χ3n) is 5.50. The smallest absolute Gasteiger partial charge is 0.253 e. The number of carbonyl (C=O) groups excluding carboxylic acids is 2. The Labute approximate surface area is 179 Å². The largest absolute Gasteiger partial charge is 0.339 e. The molecule has 0 spiro atoms. The Morgan fingerprint density at radius 1 is 0.933 bits per heavy atom. The SMILES string of the molecule is CCN(CC)C(=O)c1ccc(C(=C2CCNCC2)c2cccc(NC(C)=O)c2)cc1. The molecule has 1 aliphatic rings. The molecule has 0 atom stereocenters. The molecule has 158 valence electrons. The summed E-state index contributed by atoms with van der Waals surface area (Å²) in [6, 6.07) is 15.9. The molecule has 5 nitrogen and oxygen atoms in total. The van der Waals surface area contributed by atoms with Gasteiger partial charge < -0.3 is 15.5 Å². The van der Waals surface area contributed by atoms with Crippen LogP contribution in [0, 0.1) is 0 Å². The van der Waals surface area contributed by atoms with Crippen molar-refractivity contribution < 1.29 is 9.59 Å². The molecule has 2 aromatic carbocycles. The number of benzene rings is 2. The first-order valence-electron chi connectivity index (χ1n) is 10.7. The van der Waals surface area contributed by atoms with Crippen LogP contribution in [0.1, 0.15) is 55.1 Å².